The van der Waals surface area contributed by atoms with Crippen molar-refractivity contribution in [3.63, 3.8) is 0 Å². The molecule has 2 aromatic carbocycles. The third-order valence-corrected chi connectivity index (χ3v) is 6.21. The zero-order chi connectivity index (χ0) is 16.6. The van der Waals surface area contributed by atoms with Gasteiger partial charge in [0.25, 0.3) is 10.0 Å². The van der Waals surface area contributed by atoms with Gasteiger partial charge in [0.15, 0.2) is 0 Å². The number of nitrogens with zero attached hydrogens (tertiary/aromatic N) is 1. The molecule has 0 atom stereocenters. The van der Waals surface area contributed by atoms with Gasteiger partial charge >= 0.3 is 4.87 Å². The zero-order valence-corrected chi connectivity index (χ0v) is 15.3. The van der Waals surface area contributed by atoms with E-state index in [-0.39, 0.29) is 9.77 Å². The van der Waals surface area contributed by atoms with Gasteiger partial charge < -0.3 is 0 Å². The van der Waals surface area contributed by atoms with E-state index in [1.165, 1.54) is 12.1 Å². The smallest absolute Gasteiger partial charge is 0.299 e. The minimum absolute atomic E-state index is 0.0853. The average Bonchev–Trinajstić information content (AvgIpc) is 2.83. The highest BCUT2D eigenvalue weighted by molar-refractivity contribution is 9.10. The Bertz CT molecular complexity index is 1020. The second-order valence-electron chi connectivity index (χ2n) is 4.85. The fourth-order valence-corrected chi connectivity index (χ4v) is 4.66. The normalized spacial score (nSPS) is 11.7. The van der Waals surface area contributed by atoms with Crippen LogP contribution in [-0.2, 0) is 16.6 Å². The predicted octanol–water partition coefficient (Wildman–Crippen LogP) is 3.65. The first-order valence-corrected chi connectivity index (χ1v) is 9.92. The van der Waals surface area contributed by atoms with Gasteiger partial charge in [0.2, 0.25) is 0 Å². The highest BCUT2D eigenvalue weighted by atomic mass is 79.9. The van der Waals surface area contributed by atoms with E-state index >= 15 is 0 Å². The Labute approximate surface area is 145 Å². The van der Waals surface area contributed by atoms with Gasteiger partial charge in [0.1, 0.15) is 0 Å². The Morgan fingerprint density at radius 1 is 1.17 bits per heavy atom. The van der Waals surface area contributed by atoms with Gasteiger partial charge in [-0.1, -0.05) is 27.3 Å². The Morgan fingerprint density at radius 2 is 1.87 bits per heavy atom. The number of fused-ring (bicyclic) bond motifs is 1. The van der Waals surface area contributed by atoms with Gasteiger partial charge in [-0.25, -0.2) is 8.42 Å². The van der Waals surface area contributed by atoms with Crippen molar-refractivity contribution in [1.82, 2.24) is 4.57 Å². The molecule has 1 N–H and O–H groups in total. The van der Waals surface area contributed by atoms with E-state index in [0.717, 1.165) is 21.3 Å². The maximum Gasteiger partial charge on any atom is 0.308 e. The zero-order valence-electron chi connectivity index (χ0n) is 12.1. The topological polar surface area (TPSA) is 68.2 Å². The molecule has 1 aromatic heterocycles. The molecular weight excluding hydrogens is 400 g/mol. The molecule has 0 saturated heterocycles. The summed E-state index contributed by atoms with van der Waals surface area (Å²) in [6, 6.07) is 11.6. The lowest BCUT2D eigenvalue weighted by Gasteiger charge is -2.08. The number of sulfonamides is 1. The number of aryl methyl sites for hydroxylation is 1. The second kappa shape index (κ2) is 6.10. The summed E-state index contributed by atoms with van der Waals surface area (Å²) in [5.41, 5.74) is 1.23. The summed E-state index contributed by atoms with van der Waals surface area (Å²) in [7, 11) is -3.70. The van der Waals surface area contributed by atoms with Crippen LogP contribution in [0.15, 0.2) is 56.6 Å². The molecule has 120 valence electrons. The van der Waals surface area contributed by atoms with Gasteiger partial charge in [-0.2, -0.15) is 0 Å². The van der Waals surface area contributed by atoms with Crippen LogP contribution in [0.3, 0.4) is 0 Å². The number of hydrogen-bond acceptors (Lipinski definition) is 4. The Balaban J connectivity index is 2.01. The van der Waals surface area contributed by atoms with Crippen molar-refractivity contribution in [1.29, 1.82) is 0 Å². The van der Waals surface area contributed by atoms with Crippen molar-refractivity contribution in [2.45, 2.75) is 18.4 Å². The van der Waals surface area contributed by atoms with Crippen molar-refractivity contribution >= 4 is 53.2 Å². The largest absolute Gasteiger partial charge is 0.308 e. The number of nitrogens with one attached hydrogen (secondary N) is 1. The average molecular weight is 413 g/mol. The summed E-state index contributed by atoms with van der Waals surface area (Å²) in [6.07, 6.45) is 0. The molecule has 0 unspecified atom stereocenters. The van der Waals surface area contributed by atoms with Crippen LogP contribution in [0, 0.1) is 0 Å². The first-order chi connectivity index (χ1) is 10.9. The summed E-state index contributed by atoms with van der Waals surface area (Å²) in [6.45, 7) is 2.44. The molecule has 8 heteroatoms. The molecule has 0 fully saturated rings. The SMILES string of the molecule is CCn1c(=O)sc2cc(S(=O)(=O)Nc3ccc(Br)cc3)ccc21. The molecular formula is C15H13BrN2O3S2. The molecule has 0 saturated carbocycles. The highest BCUT2D eigenvalue weighted by Crippen LogP contribution is 2.24. The number of benzene rings is 2. The molecule has 1 heterocycles. The fraction of sp³-hybridized carbons (Fsp3) is 0.133. The van der Waals surface area contributed by atoms with Crippen molar-refractivity contribution in [2.24, 2.45) is 0 Å². The first kappa shape index (κ1) is 16.2. The third kappa shape index (κ3) is 3.19. The lowest BCUT2D eigenvalue weighted by atomic mass is 10.3. The molecule has 0 aliphatic carbocycles. The minimum Gasteiger partial charge on any atom is -0.299 e. The van der Waals surface area contributed by atoms with E-state index < -0.39 is 10.0 Å². The van der Waals surface area contributed by atoms with Gasteiger partial charge in [-0.15, -0.1) is 0 Å². The lowest BCUT2D eigenvalue weighted by Crippen LogP contribution is -2.13. The Hall–Kier alpha value is -1.64. The summed E-state index contributed by atoms with van der Waals surface area (Å²) in [5, 5.41) is 0. The van der Waals surface area contributed by atoms with E-state index in [2.05, 4.69) is 20.7 Å². The Morgan fingerprint density at radius 3 is 2.52 bits per heavy atom. The van der Waals surface area contributed by atoms with Crippen LogP contribution in [0.5, 0.6) is 0 Å². The Kier molecular flexibility index (Phi) is 4.31. The van der Waals surface area contributed by atoms with Crippen LogP contribution < -0.4 is 9.60 Å². The molecule has 0 spiro atoms. The van der Waals surface area contributed by atoms with Crippen LogP contribution in [-0.4, -0.2) is 13.0 Å². The van der Waals surface area contributed by atoms with Crippen LogP contribution in [0.25, 0.3) is 10.2 Å². The molecule has 0 aliphatic rings. The highest BCUT2D eigenvalue weighted by Gasteiger charge is 2.16. The van der Waals surface area contributed by atoms with Crippen molar-refractivity contribution in [2.75, 3.05) is 4.72 Å². The number of hydrogen-bond donors (Lipinski definition) is 1. The van der Waals surface area contributed by atoms with Gasteiger partial charge in [-0.05, 0) is 49.4 Å². The van der Waals surface area contributed by atoms with Gasteiger partial charge in [0, 0.05) is 16.7 Å². The first-order valence-electron chi connectivity index (χ1n) is 6.82. The van der Waals surface area contributed by atoms with Crippen LogP contribution >= 0.6 is 27.3 Å². The summed E-state index contributed by atoms with van der Waals surface area (Å²) in [5.74, 6) is 0. The molecule has 3 aromatic rings. The van der Waals surface area contributed by atoms with Crippen LogP contribution in [0.2, 0.25) is 0 Å². The van der Waals surface area contributed by atoms with E-state index in [0.29, 0.717) is 16.9 Å². The van der Waals surface area contributed by atoms with E-state index in [9.17, 15) is 13.2 Å². The standard InChI is InChI=1S/C15H13BrN2O3S2/c1-2-18-13-8-7-12(9-14(13)22-15(18)19)23(20,21)17-11-5-3-10(16)4-6-11/h3-9,17H,2H2,1H3. The number of aromatic nitrogens is 1. The van der Waals surface area contributed by atoms with Crippen molar-refractivity contribution in [3.8, 4) is 0 Å². The van der Waals surface area contributed by atoms with Crippen LogP contribution in [0.1, 0.15) is 6.92 Å². The number of anilines is 1. The molecule has 23 heavy (non-hydrogen) atoms. The molecule has 0 amide bonds. The maximum absolute atomic E-state index is 12.5. The second-order valence-corrected chi connectivity index (χ2v) is 8.45. The molecule has 0 radical (unpaired) electrons. The molecule has 0 aliphatic heterocycles. The number of rotatable bonds is 4. The van der Waals surface area contributed by atoms with E-state index in [1.807, 2.05) is 6.92 Å². The van der Waals surface area contributed by atoms with E-state index in [1.54, 1.807) is 34.9 Å². The molecule has 0 bridgehead atoms. The summed E-state index contributed by atoms with van der Waals surface area (Å²) in [4.78, 5) is 11.9. The summed E-state index contributed by atoms with van der Waals surface area (Å²) < 4.78 is 30.7. The van der Waals surface area contributed by atoms with Gasteiger partial charge in [-0.3, -0.25) is 14.1 Å². The summed E-state index contributed by atoms with van der Waals surface area (Å²) >= 11 is 4.36. The fourth-order valence-electron chi connectivity index (χ4n) is 2.25. The van der Waals surface area contributed by atoms with E-state index in [4.69, 9.17) is 0 Å². The van der Waals surface area contributed by atoms with Crippen molar-refractivity contribution in [3.05, 3.63) is 56.6 Å². The molecule has 3 rings (SSSR count). The van der Waals surface area contributed by atoms with Crippen LogP contribution in [0.4, 0.5) is 5.69 Å². The lowest BCUT2D eigenvalue weighted by molar-refractivity contribution is 0.601. The van der Waals surface area contributed by atoms with Crippen molar-refractivity contribution < 1.29 is 8.42 Å². The van der Waals surface area contributed by atoms with Gasteiger partial charge in [0.05, 0.1) is 15.1 Å². The third-order valence-electron chi connectivity index (χ3n) is 3.36. The predicted molar refractivity (Wildman–Crippen MR) is 96.7 cm³/mol. The number of thiazole rings is 1. The quantitative estimate of drug-likeness (QED) is 0.710. The monoisotopic (exact) mass is 412 g/mol. The minimum atomic E-state index is -3.70. The maximum atomic E-state index is 12.5. The number of halogens is 1. The molecule has 5 nitrogen and oxygen atoms in total.